The molecule has 0 aliphatic carbocycles. The third-order valence-electron chi connectivity index (χ3n) is 4.18. The van der Waals surface area contributed by atoms with Gasteiger partial charge in [0.15, 0.2) is 6.29 Å². The highest BCUT2D eigenvalue weighted by Crippen LogP contribution is 2.11. The molecule has 0 aromatic carbocycles. The van der Waals surface area contributed by atoms with Gasteiger partial charge in [0, 0.05) is 6.54 Å². The van der Waals surface area contributed by atoms with E-state index >= 15 is 0 Å². The summed E-state index contributed by atoms with van der Waals surface area (Å²) in [5, 5.41) is 55.2. The molecule has 0 fully saturated rings. The lowest BCUT2D eigenvalue weighted by Crippen LogP contribution is -2.48. The lowest BCUT2D eigenvalue weighted by molar-refractivity contribution is -0.227. The number of nitrogens with one attached hydrogen (secondary N) is 2. The van der Waals surface area contributed by atoms with E-state index in [1.165, 1.54) is 0 Å². The van der Waals surface area contributed by atoms with Crippen LogP contribution in [0.3, 0.4) is 0 Å². The summed E-state index contributed by atoms with van der Waals surface area (Å²) in [5.74, 6) is 0.533. The third-order valence-corrected chi connectivity index (χ3v) is 4.18. The molecule has 7 N–H and O–H groups in total. The van der Waals surface area contributed by atoms with E-state index in [2.05, 4.69) is 31.4 Å². The average Bonchev–Trinajstić information content (AvgIpc) is 2.62. The van der Waals surface area contributed by atoms with E-state index in [1.807, 2.05) is 0 Å². The van der Waals surface area contributed by atoms with Crippen molar-refractivity contribution in [1.29, 1.82) is 0 Å². The smallest absolute Gasteiger partial charge is 0.183 e. The zero-order chi connectivity index (χ0) is 19.9. The van der Waals surface area contributed by atoms with E-state index in [9.17, 15) is 20.4 Å². The molecule has 0 aromatic rings. The average molecular weight is 381 g/mol. The van der Waals surface area contributed by atoms with Gasteiger partial charge in [-0.15, -0.1) is 0 Å². The minimum absolute atomic E-state index is 0.125. The van der Waals surface area contributed by atoms with E-state index in [-0.39, 0.29) is 6.54 Å². The molecule has 0 aliphatic rings. The zero-order valence-electron chi connectivity index (χ0n) is 16.5. The number of hydrogen-bond donors (Lipinski definition) is 7. The molecule has 26 heavy (non-hydrogen) atoms. The van der Waals surface area contributed by atoms with Gasteiger partial charge in [-0.25, -0.2) is 0 Å². The van der Waals surface area contributed by atoms with Crippen LogP contribution in [0.25, 0.3) is 0 Å². The normalized spacial score (nSPS) is 17.9. The lowest BCUT2D eigenvalue weighted by atomic mass is 10.1. The zero-order valence-corrected chi connectivity index (χ0v) is 16.5. The van der Waals surface area contributed by atoms with E-state index in [0.717, 1.165) is 25.8 Å². The Kier molecular flexibility index (Phi) is 15.5. The number of ether oxygens (including phenoxy) is 1. The predicted octanol–water partition coefficient (Wildman–Crippen LogP) is -0.819. The van der Waals surface area contributed by atoms with Gasteiger partial charge in [-0.3, -0.25) is 0 Å². The Morgan fingerprint density at radius 3 is 2.12 bits per heavy atom. The van der Waals surface area contributed by atoms with Crippen molar-refractivity contribution in [2.24, 2.45) is 5.92 Å². The quantitative estimate of drug-likeness (QED) is 0.129. The summed E-state index contributed by atoms with van der Waals surface area (Å²) in [6.45, 7) is 7.97. The van der Waals surface area contributed by atoms with Crippen molar-refractivity contribution in [3.63, 3.8) is 0 Å². The van der Waals surface area contributed by atoms with Gasteiger partial charge in [-0.05, 0) is 44.8 Å². The van der Waals surface area contributed by atoms with Crippen molar-refractivity contribution in [1.82, 2.24) is 10.6 Å². The molecule has 0 bridgehead atoms. The Morgan fingerprint density at radius 2 is 1.54 bits per heavy atom. The highest BCUT2D eigenvalue weighted by atomic mass is 16.6. The van der Waals surface area contributed by atoms with Gasteiger partial charge in [0.25, 0.3) is 0 Å². The van der Waals surface area contributed by atoms with Crippen molar-refractivity contribution >= 4 is 0 Å². The summed E-state index contributed by atoms with van der Waals surface area (Å²) >= 11 is 0. The van der Waals surface area contributed by atoms with Crippen LogP contribution in [0.15, 0.2) is 0 Å². The first-order valence-electron chi connectivity index (χ1n) is 9.73. The molecule has 8 nitrogen and oxygen atoms in total. The molecule has 0 amide bonds. The van der Waals surface area contributed by atoms with E-state index < -0.39 is 37.3 Å². The molecule has 0 aromatic heterocycles. The number of hydrogen-bond acceptors (Lipinski definition) is 8. The van der Waals surface area contributed by atoms with Gasteiger partial charge < -0.3 is 40.9 Å². The number of aliphatic hydroxyl groups excluding tert-OH is 5. The van der Waals surface area contributed by atoms with Gasteiger partial charge in [0.05, 0.1) is 18.8 Å². The molecule has 0 radical (unpaired) electrons. The molecule has 158 valence electrons. The SMILES string of the molecule is CCCCNCCC(OC(O)C(O)C(O)CNCCC(C)C)C(O)CO. The highest BCUT2D eigenvalue weighted by molar-refractivity contribution is 4.76. The van der Waals surface area contributed by atoms with Crippen LogP contribution in [0.2, 0.25) is 0 Å². The number of rotatable bonds is 17. The fourth-order valence-electron chi connectivity index (χ4n) is 2.35. The van der Waals surface area contributed by atoms with Crippen molar-refractivity contribution in [2.75, 3.05) is 32.8 Å². The first kappa shape index (κ1) is 25.7. The summed E-state index contributed by atoms with van der Waals surface area (Å²) in [6, 6.07) is 0. The van der Waals surface area contributed by atoms with Crippen LogP contribution in [-0.4, -0.2) is 89.0 Å². The largest absolute Gasteiger partial charge is 0.394 e. The molecule has 0 aliphatic heterocycles. The Balaban J connectivity index is 4.31. The fraction of sp³-hybridized carbons (Fsp3) is 1.00. The van der Waals surface area contributed by atoms with Gasteiger partial charge >= 0.3 is 0 Å². The minimum Gasteiger partial charge on any atom is -0.394 e. The molecule has 0 saturated heterocycles. The van der Waals surface area contributed by atoms with Crippen LogP contribution >= 0.6 is 0 Å². The second kappa shape index (κ2) is 15.7. The van der Waals surface area contributed by atoms with E-state index in [1.54, 1.807) is 0 Å². The van der Waals surface area contributed by atoms with Gasteiger partial charge in [0.1, 0.15) is 12.2 Å². The molecule has 5 unspecified atom stereocenters. The molecule has 8 heteroatoms. The molecule has 0 spiro atoms. The van der Waals surface area contributed by atoms with Crippen molar-refractivity contribution in [2.45, 2.75) is 77.2 Å². The van der Waals surface area contributed by atoms with Gasteiger partial charge in [-0.2, -0.15) is 0 Å². The molecule has 0 rings (SSSR count). The third kappa shape index (κ3) is 12.1. The number of unbranched alkanes of at least 4 members (excludes halogenated alkanes) is 1. The maximum absolute atomic E-state index is 10.0. The van der Waals surface area contributed by atoms with Crippen molar-refractivity contribution in [3.05, 3.63) is 0 Å². The van der Waals surface area contributed by atoms with E-state index in [4.69, 9.17) is 9.84 Å². The maximum Gasteiger partial charge on any atom is 0.183 e. The predicted molar refractivity (Wildman–Crippen MR) is 101 cm³/mol. The summed E-state index contributed by atoms with van der Waals surface area (Å²) in [4.78, 5) is 0. The first-order valence-corrected chi connectivity index (χ1v) is 9.73. The van der Waals surface area contributed by atoms with Crippen LogP contribution in [0, 0.1) is 5.92 Å². The van der Waals surface area contributed by atoms with Crippen LogP contribution in [-0.2, 0) is 4.74 Å². The molecular formula is C18H40N2O6. The second-order valence-electron chi connectivity index (χ2n) is 7.15. The lowest BCUT2D eigenvalue weighted by Gasteiger charge is -2.29. The maximum atomic E-state index is 10.0. The number of aliphatic hydroxyl groups is 5. The molecular weight excluding hydrogens is 340 g/mol. The fourth-order valence-corrected chi connectivity index (χ4v) is 2.35. The molecule has 0 saturated carbocycles. The highest BCUT2D eigenvalue weighted by Gasteiger charge is 2.30. The minimum atomic E-state index is -1.65. The van der Waals surface area contributed by atoms with Crippen molar-refractivity contribution in [3.8, 4) is 0 Å². The standard InChI is InChI=1S/C18H40N2O6/c1-4-5-8-19-10-7-16(15(23)12-21)26-18(25)17(24)14(22)11-20-9-6-13(2)3/h13-25H,4-12H2,1-3H3. The Labute approximate surface area is 157 Å². The summed E-state index contributed by atoms with van der Waals surface area (Å²) in [5.41, 5.74) is 0. The molecule has 0 heterocycles. The second-order valence-corrected chi connectivity index (χ2v) is 7.15. The van der Waals surface area contributed by atoms with Crippen LogP contribution in [0.5, 0.6) is 0 Å². The van der Waals surface area contributed by atoms with Crippen LogP contribution < -0.4 is 10.6 Å². The van der Waals surface area contributed by atoms with Gasteiger partial charge in [-0.1, -0.05) is 27.2 Å². The Morgan fingerprint density at radius 1 is 0.885 bits per heavy atom. The first-order chi connectivity index (χ1) is 12.3. The topological polar surface area (TPSA) is 134 Å². The van der Waals surface area contributed by atoms with Gasteiger partial charge in [0.2, 0.25) is 0 Å². The van der Waals surface area contributed by atoms with Crippen LogP contribution in [0.1, 0.15) is 46.5 Å². The molecule has 5 atom stereocenters. The van der Waals surface area contributed by atoms with Crippen LogP contribution in [0.4, 0.5) is 0 Å². The summed E-state index contributed by atoms with van der Waals surface area (Å²) in [6.07, 6.45) is -2.99. The summed E-state index contributed by atoms with van der Waals surface area (Å²) < 4.78 is 5.30. The Hall–Kier alpha value is -0.320. The van der Waals surface area contributed by atoms with E-state index in [0.29, 0.717) is 25.4 Å². The van der Waals surface area contributed by atoms with Crippen molar-refractivity contribution < 1.29 is 30.3 Å². The Bertz CT molecular complexity index is 322. The monoisotopic (exact) mass is 380 g/mol. The summed E-state index contributed by atoms with van der Waals surface area (Å²) in [7, 11) is 0.